The van der Waals surface area contributed by atoms with E-state index in [4.69, 9.17) is 14.7 Å². The number of hydrogen-bond donors (Lipinski definition) is 2. The van der Waals surface area contributed by atoms with Gasteiger partial charge in [-0.2, -0.15) is 8.78 Å². The molecule has 3 heterocycles. The molecule has 1 unspecified atom stereocenters. The van der Waals surface area contributed by atoms with Crippen LogP contribution in [0.15, 0.2) is 96.1 Å². The van der Waals surface area contributed by atoms with Gasteiger partial charge in [-0.3, -0.25) is 19.5 Å². The molecule has 3 fully saturated rings. The van der Waals surface area contributed by atoms with E-state index < -0.39 is 28.1 Å². The number of carbonyl (C=O) groups is 3. The Hall–Kier alpha value is -5.86. The quantitative estimate of drug-likeness (QED) is 0.113. The Morgan fingerprint density at radius 1 is 0.928 bits per heavy atom. The molecule has 69 heavy (non-hydrogen) atoms. The number of alkyl carbamates (subject to hydrolysis) is 1. The number of likely N-dealkylation sites (tertiary alicyclic amines) is 1. The SMILES string of the molecule is CCN(CC)[C@@H](C(=O)N1CC2(CC2)C[C@H]1/C(C)=N/C=C(\C)c1ccc2c(c1)C(F)(F)c1cc(-c3ccc4nc([C@@H]5CS(C)(C)CN5C(=O)C(NC(=O)OC)C(C)C)[nH]c4c3)ccc1-2)c1ccccc1. The van der Waals surface area contributed by atoms with Gasteiger partial charge in [-0.05, 0) is 133 Å². The van der Waals surface area contributed by atoms with Gasteiger partial charge >= 0.3 is 6.09 Å². The molecular weight excluding hydrogens is 893 g/mol. The maximum atomic E-state index is 16.7. The maximum Gasteiger partial charge on any atom is 0.407 e. The Bertz CT molecular complexity index is 2870. The normalized spacial score (nSPS) is 21.4. The Labute approximate surface area is 406 Å². The number of aromatic amines is 1. The summed E-state index contributed by atoms with van der Waals surface area (Å²) in [5.41, 5.74) is 7.16. The number of methoxy groups -OCH3 is 1. The number of rotatable bonds is 13. The van der Waals surface area contributed by atoms with E-state index in [-0.39, 0.29) is 52.4 Å². The van der Waals surface area contributed by atoms with Crippen molar-refractivity contribution in [2.45, 2.75) is 90.9 Å². The molecule has 2 aliphatic carbocycles. The number of amides is 3. The number of alkyl halides is 2. The molecule has 1 spiro atoms. The van der Waals surface area contributed by atoms with E-state index >= 15 is 8.78 Å². The fourth-order valence-electron chi connectivity index (χ4n) is 10.8. The second-order valence-corrected chi connectivity index (χ2v) is 24.6. The lowest BCUT2D eigenvalue weighted by Crippen LogP contribution is -2.51. The summed E-state index contributed by atoms with van der Waals surface area (Å²) in [6.45, 7) is 14.1. The van der Waals surface area contributed by atoms with Gasteiger partial charge in [-0.25, -0.2) is 19.8 Å². The average Bonchev–Trinajstić information content (AvgIpc) is 3.56. The van der Waals surface area contributed by atoms with E-state index in [1.165, 1.54) is 7.11 Å². The molecule has 5 aromatic rings. The summed E-state index contributed by atoms with van der Waals surface area (Å²) in [6.07, 6.45) is 8.57. The van der Waals surface area contributed by atoms with Gasteiger partial charge in [-0.1, -0.05) is 88.4 Å². The van der Waals surface area contributed by atoms with Crippen molar-refractivity contribution in [2.75, 3.05) is 50.9 Å². The zero-order valence-corrected chi connectivity index (χ0v) is 42.1. The third kappa shape index (κ3) is 9.10. The van der Waals surface area contributed by atoms with Crippen LogP contribution in [0.3, 0.4) is 0 Å². The van der Waals surface area contributed by atoms with Crippen LogP contribution in [0.1, 0.15) is 101 Å². The van der Waals surface area contributed by atoms with Crippen LogP contribution >= 0.6 is 10.0 Å². The lowest BCUT2D eigenvalue weighted by molar-refractivity contribution is -0.137. The van der Waals surface area contributed by atoms with E-state index in [9.17, 15) is 14.4 Å². The molecule has 2 N–H and O–H groups in total. The van der Waals surface area contributed by atoms with Crippen molar-refractivity contribution >= 4 is 50.3 Å². The van der Waals surface area contributed by atoms with Crippen molar-refractivity contribution in [2.24, 2.45) is 16.3 Å². The summed E-state index contributed by atoms with van der Waals surface area (Å²) < 4.78 is 38.2. The Morgan fingerprint density at radius 2 is 1.59 bits per heavy atom. The highest BCUT2D eigenvalue weighted by molar-refractivity contribution is 8.32. The third-order valence-corrected chi connectivity index (χ3v) is 17.2. The second kappa shape index (κ2) is 18.5. The van der Waals surface area contributed by atoms with Crippen LogP contribution in [0.25, 0.3) is 38.9 Å². The van der Waals surface area contributed by atoms with Gasteiger partial charge in [0.25, 0.3) is 5.92 Å². The second-order valence-electron chi connectivity index (χ2n) is 20.5. The summed E-state index contributed by atoms with van der Waals surface area (Å²) in [7, 11) is 0.0899. The van der Waals surface area contributed by atoms with Gasteiger partial charge in [0.05, 0.1) is 36.1 Å². The highest BCUT2D eigenvalue weighted by atomic mass is 32.3. The number of fused-ring (bicyclic) bond motifs is 4. The number of benzene rings is 4. The molecule has 364 valence electrons. The highest BCUT2D eigenvalue weighted by Crippen LogP contribution is 2.56. The maximum absolute atomic E-state index is 16.7. The number of likely N-dealkylation sites (N-methyl/N-ethyl adjacent to an activating group) is 1. The van der Waals surface area contributed by atoms with Gasteiger partial charge in [0.1, 0.15) is 17.9 Å². The number of carbonyl (C=O) groups excluding carboxylic acids is 3. The number of allylic oxidation sites excluding steroid dienone is 1. The van der Waals surface area contributed by atoms with Crippen LogP contribution in [0.5, 0.6) is 0 Å². The van der Waals surface area contributed by atoms with Gasteiger partial charge in [0.15, 0.2) is 0 Å². The van der Waals surface area contributed by atoms with Crippen LogP contribution in [0, 0.1) is 11.3 Å². The number of ether oxygens (including phenoxy) is 1. The van der Waals surface area contributed by atoms with Crippen LogP contribution < -0.4 is 5.32 Å². The van der Waals surface area contributed by atoms with Crippen molar-refractivity contribution < 1.29 is 27.9 Å². The highest BCUT2D eigenvalue weighted by Gasteiger charge is 2.55. The van der Waals surface area contributed by atoms with E-state index in [0.717, 1.165) is 72.6 Å². The lowest BCUT2D eigenvalue weighted by Gasteiger charge is -2.34. The van der Waals surface area contributed by atoms with Gasteiger partial charge in [0.2, 0.25) is 11.8 Å². The van der Waals surface area contributed by atoms with Crippen molar-refractivity contribution in [3.63, 3.8) is 0 Å². The van der Waals surface area contributed by atoms with Crippen molar-refractivity contribution in [3.05, 3.63) is 119 Å². The Kier molecular flexibility index (Phi) is 12.9. The zero-order chi connectivity index (χ0) is 49.2. The number of halogens is 2. The average molecular weight is 958 g/mol. The first kappa shape index (κ1) is 48.2. The minimum atomic E-state index is -3.24. The summed E-state index contributed by atoms with van der Waals surface area (Å²) in [6, 6.07) is 24.7. The molecule has 0 bridgehead atoms. The molecule has 0 radical (unpaired) electrons. The van der Waals surface area contributed by atoms with Gasteiger partial charge in [-0.15, -0.1) is 0 Å². The molecule has 4 aromatic carbocycles. The number of aliphatic imine (C=N–C) groups is 1. The van der Waals surface area contributed by atoms with E-state index in [2.05, 4.69) is 46.5 Å². The van der Waals surface area contributed by atoms with Crippen LogP contribution in [-0.4, -0.2) is 111 Å². The molecule has 14 heteroatoms. The van der Waals surface area contributed by atoms with Crippen LogP contribution in [0.4, 0.5) is 13.6 Å². The van der Waals surface area contributed by atoms with Crippen LogP contribution in [0.2, 0.25) is 0 Å². The summed E-state index contributed by atoms with van der Waals surface area (Å²) in [4.78, 5) is 60.3. The Balaban J connectivity index is 0.944. The lowest BCUT2D eigenvalue weighted by atomic mass is 9.98. The monoisotopic (exact) mass is 957 g/mol. The van der Waals surface area contributed by atoms with Gasteiger partial charge in [0, 0.05) is 35.3 Å². The van der Waals surface area contributed by atoms with Gasteiger partial charge < -0.3 is 24.8 Å². The first-order valence-electron chi connectivity index (χ1n) is 24.2. The number of nitrogens with zero attached hydrogens (tertiary/aromatic N) is 5. The molecule has 2 aliphatic heterocycles. The number of hydrogen-bond acceptors (Lipinski definition) is 7. The molecule has 4 atom stereocenters. The summed E-state index contributed by atoms with van der Waals surface area (Å²) in [5.74, 6) is -1.53. The fourth-order valence-corrected chi connectivity index (χ4v) is 13.2. The fraction of sp³-hybridized carbons (Fsp3) is 0.436. The van der Waals surface area contributed by atoms with E-state index in [0.29, 0.717) is 39.5 Å². The first-order chi connectivity index (χ1) is 32.9. The molecule has 1 saturated carbocycles. The molecule has 1 aromatic heterocycles. The molecule has 11 nitrogen and oxygen atoms in total. The number of aromatic nitrogens is 2. The predicted octanol–water partition coefficient (Wildman–Crippen LogP) is 10.9. The molecule has 9 rings (SSSR count). The minimum absolute atomic E-state index is 0.0388. The van der Waals surface area contributed by atoms with Crippen LogP contribution in [-0.2, 0) is 20.2 Å². The minimum Gasteiger partial charge on any atom is -0.453 e. The first-order valence-corrected chi connectivity index (χ1v) is 27.0. The smallest absolute Gasteiger partial charge is 0.407 e. The zero-order valence-electron chi connectivity index (χ0n) is 41.2. The number of nitrogens with one attached hydrogen (secondary N) is 2. The van der Waals surface area contributed by atoms with E-state index in [1.54, 1.807) is 30.5 Å². The third-order valence-electron chi connectivity index (χ3n) is 15.0. The largest absolute Gasteiger partial charge is 0.453 e. The van der Waals surface area contributed by atoms with E-state index in [1.807, 2.05) is 93.3 Å². The summed E-state index contributed by atoms with van der Waals surface area (Å²) >= 11 is 0. The molecular formula is C55H65F2N7O4S. The topological polar surface area (TPSA) is 123 Å². The van der Waals surface area contributed by atoms with Crippen molar-refractivity contribution in [1.29, 1.82) is 0 Å². The van der Waals surface area contributed by atoms with Crippen molar-refractivity contribution in [1.82, 2.24) is 30.0 Å². The predicted molar refractivity (Wildman–Crippen MR) is 274 cm³/mol. The van der Waals surface area contributed by atoms with Crippen molar-refractivity contribution in [3.8, 4) is 22.3 Å². The number of H-pyrrole nitrogens is 1. The Morgan fingerprint density at radius 3 is 2.26 bits per heavy atom. The standard InChI is InChI=1S/C55H65F2N7O4S/c1-10-62(11-2)49(36-15-13-12-14-16-36)52(66)63-31-54(23-24-54)28-46(63)35(6)58-29-34(5)37-17-20-40-41-21-18-38(26-43(41)55(56,57)42(40)25-37)39-19-22-44-45(27-39)60-50(59-44)47-30-69(8,9)32-64(47)51(65)48(33(3)4)61-53(67)68-7/h12-22,25-27,29,33,46-49H,10-11,23-24,28,30-32H2,1-9H3,(H,59,60)(H,61,67)/b34-29+,58-35+/t46-,47-,48?,49+/m0/s1. The summed E-state index contributed by atoms with van der Waals surface area (Å²) in [5, 5.41) is 2.72. The molecule has 2 saturated heterocycles. The number of imidazole rings is 1. The molecule has 3 amide bonds. The molecule has 4 aliphatic rings.